The van der Waals surface area contributed by atoms with E-state index >= 15 is 0 Å². The first-order valence-electron chi connectivity index (χ1n) is 8.54. The summed E-state index contributed by atoms with van der Waals surface area (Å²) in [6.45, 7) is 2.69. The fraction of sp³-hybridized carbons (Fsp3) is 0.350. The maximum Gasteiger partial charge on any atom is 0.416 e. The lowest BCUT2D eigenvalue weighted by Crippen LogP contribution is -2.50. The molecule has 0 unspecified atom stereocenters. The molecule has 144 valence electrons. The molecule has 1 aliphatic heterocycles. The molecular formula is C20H21F3N2O2. The van der Waals surface area contributed by atoms with Crippen molar-refractivity contribution >= 4 is 17.3 Å². The second kappa shape index (κ2) is 6.79. The molecule has 0 spiro atoms. The molecule has 3 rings (SSSR count). The molecule has 0 amide bonds. The number of alkyl halides is 3. The molecule has 2 aromatic rings. The van der Waals surface area contributed by atoms with E-state index in [1.165, 1.54) is 0 Å². The van der Waals surface area contributed by atoms with Crippen molar-refractivity contribution in [3.05, 3.63) is 47.5 Å². The summed E-state index contributed by atoms with van der Waals surface area (Å²) >= 11 is 0. The Bertz CT molecular complexity index is 872. The number of hydrogen-bond acceptors (Lipinski definition) is 3. The molecule has 27 heavy (non-hydrogen) atoms. The molecule has 0 aliphatic carbocycles. The van der Waals surface area contributed by atoms with Gasteiger partial charge in [0.05, 0.1) is 11.5 Å². The number of benzene rings is 2. The topological polar surface area (TPSA) is 43.8 Å². The fourth-order valence-electron chi connectivity index (χ4n) is 3.16. The van der Waals surface area contributed by atoms with Gasteiger partial charge in [-0.3, -0.25) is 4.79 Å². The van der Waals surface area contributed by atoms with Crippen LogP contribution in [0.5, 0.6) is 0 Å². The zero-order valence-electron chi connectivity index (χ0n) is 15.3. The first-order chi connectivity index (χ1) is 12.5. The number of carboxylic acids is 1. The zero-order valence-corrected chi connectivity index (χ0v) is 15.3. The lowest BCUT2D eigenvalue weighted by atomic mass is 9.96. The largest absolute Gasteiger partial charge is 0.481 e. The Kier molecular flexibility index (Phi) is 4.80. The minimum absolute atomic E-state index is 0.400. The maximum atomic E-state index is 13.3. The number of carbonyl (C=O) groups is 1. The van der Waals surface area contributed by atoms with Crippen LogP contribution in [0.3, 0.4) is 0 Å². The minimum atomic E-state index is -4.43. The van der Waals surface area contributed by atoms with Crippen LogP contribution in [0.1, 0.15) is 11.1 Å². The van der Waals surface area contributed by atoms with Crippen LogP contribution < -0.4 is 9.80 Å². The number of anilines is 2. The van der Waals surface area contributed by atoms with E-state index in [1.54, 1.807) is 25.1 Å². The van der Waals surface area contributed by atoms with Gasteiger partial charge in [-0.2, -0.15) is 13.2 Å². The molecule has 7 heteroatoms. The van der Waals surface area contributed by atoms with Crippen molar-refractivity contribution in [3.8, 4) is 11.1 Å². The minimum Gasteiger partial charge on any atom is -0.481 e. The zero-order chi connectivity index (χ0) is 19.9. The number of halogens is 3. The summed E-state index contributed by atoms with van der Waals surface area (Å²) in [6, 6.07) is 9.59. The number of aliphatic carboxylic acids is 1. The molecule has 0 radical (unpaired) electrons. The fourth-order valence-corrected chi connectivity index (χ4v) is 3.16. The second-order valence-electron chi connectivity index (χ2n) is 7.16. The summed E-state index contributed by atoms with van der Waals surface area (Å²) in [4.78, 5) is 14.6. The van der Waals surface area contributed by atoms with Gasteiger partial charge >= 0.3 is 12.1 Å². The Balaban J connectivity index is 2.01. The van der Waals surface area contributed by atoms with Crippen molar-refractivity contribution < 1.29 is 23.1 Å². The van der Waals surface area contributed by atoms with Crippen LogP contribution in [0.15, 0.2) is 36.4 Å². The number of aryl methyl sites for hydroxylation is 1. The third-order valence-electron chi connectivity index (χ3n) is 4.75. The molecule has 2 aromatic carbocycles. The average molecular weight is 378 g/mol. The van der Waals surface area contributed by atoms with Crippen molar-refractivity contribution in [2.45, 2.75) is 13.1 Å². The SMILES string of the molecule is Cc1cc(-c2cc(N(C)C)cc(C(F)(F)F)c2)cc(N2CC(C(=O)O)C2)c1. The van der Waals surface area contributed by atoms with Crippen molar-refractivity contribution in [1.82, 2.24) is 0 Å². The number of carboxylic acid groups (broad SMARTS) is 1. The lowest BCUT2D eigenvalue weighted by molar-refractivity contribution is -0.142. The van der Waals surface area contributed by atoms with Gasteiger partial charge in [-0.05, 0) is 53.9 Å². The summed E-state index contributed by atoms with van der Waals surface area (Å²) in [6.07, 6.45) is -4.43. The van der Waals surface area contributed by atoms with Crippen LogP contribution >= 0.6 is 0 Å². The van der Waals surface area contributed by atoms with E-state index in [2.05, 4.69) is 0 Å². The monoisotopic (exact) mass is 378 g/mol. The Labute approximate surface area is 155 Å². The van der Waals surface area contributed by atoms with Crippen molar-refractivity contribution in [3.63, 3.8) is 0 Å². The third-order valence-corrected chi connectivity index (χ3v) is 4.75. The molecule has 1 N–H and O–H groups in total. The molecular weight excluding hydrogens is 357 g/mol. The van der Waals surface area contributed by atoms with Crippen LogP contribution in [-0.4, -0.2) is 38.3 Å². The van der Waals surface area contributed by atoms with Crippen LogP contribution in [0.4, 0.5) is 24.5 Å². The average Bonchev–Trinajstić information content (AvgIpc) is 2.51. The Hall–Kier alpha value is -2.70. The molecule has 1 saturated heterocycles. The van der Waals surface area contributed by atoms with Crippen molar-refractivity contribution in [2.75, 3.05) is 37.0 Å². The highest BCUT2D eigenvalue weighted by molar-refractivity contribution is 5.77. The van der Waals surface area contributed by atoms with E-state index in [9.17, 15) is 18.0 Å². The van der Waals surface area contributed by atoms with E-state index in [0.29, 0.717) is 29.9 Å². The van der Waals surface area contributed by atoms with Crippen molar-refractivity contribution in [2.24, 2.45) is 5.92 Å². The quantitative estimate of drug-likeness (QED) is 0.863. The smallest absolute Gasteiger partial charge is 0.416 e. The Morgan fingerprint density at radius 2 is 1.70 bits per heavy atom. The van der Waals surface area contributed by atoms with E-state index in [-0.39, 0.29) is 0 Å². The predicted molar refractivity (Wildman–Crippen MR) is 99.3 cm³/mol. The van der Waals surface area contributed by atoms with Gasteiger partial charge in [-0.15, -0.1) is 0 Å². The molecule has 0 saturated carbocycles. The first kappa shape index (κ1) is 19.1. The molecule has 0 aromatic heterocycles. The van der Waals surface area contributed by atoms with Crippen LogP contribution in [0.25, 0.3) is 11.1 Å². The van der Waals surface area contributed by atoms with E-state index < -0.39 is 23.6 Å². The van der Waals surface area contributed by atoms with Gasteiger partial charge in [0, 0.05) is 38.6 Å². The summed E-state index contributed by atoms with van der Waals surface area (Å²) in [7, 11) is 3.40. The Morgan fingerprint density at radius 3 is 2.26 bits per heavy atom. The normalized spacial score (nSPS) is 14.8. The van der Waals surface area contributed by atoms with Gasteiger partial charge in [0.2, 0.25) is 0 Å². The van der Waals surface area contributed by atoms with Gasteiger partial charge < -0.3 is 14.9 Å². The Morgan fingerprint density at radius 1 is 1.07 bits per heavy atom. The molecule has 1 heterocycles. The standard InChI is InChI=1S/C20H21F3N2O2/c1-12-4-13(8-18(5-12)25-10-15(11-25)19(26)27)14-6-16(20(21,22)23)9-17(7-14)24(2)3/h4-9,15H,10-11H2,1-3H3,(H,26,27). The van der Waals surface area contributed by atoms with E-state index in [4.69, 9.17) is 5.11 Å². The van der Waals surface area contributed by atoms with Gasteiger partial charge in [-0.25, -0.2) is 0 Å². The van der Waals surface area contributed by atoms with Crippen LogP contribution in [0.2, 0.25) is 0 Å². The highest BCUT2D eigenvalue weighted by Gasteiger charge is 2.33. The number of nitrogens with zero attached hydrogens (tertiary/aromatic N) is 2. The summed E-state index contributed by atoms with van der Waals surface area (Å²) in [5, 5.41) is 9.04. The summed E-state index contributed by atoms with van der Waals surface area (Å²) in [5.74, 6) is -1.23. The van der Waals surface area contributed by atoms with E-state index in [1.807, 2.05) is 30.0 Å². The second-order valence-corrected chi connectivity index (χ2v) is 7.16. The predicted octanol–water partition coefficient (Wildman–Crippen LogP) is 4.27. The maximum absolute atomic E-state index is 13.3. The van der Waals surface area contributed by atoms with Gasteiger partial charge in [-0.1, -0.05) is 6.07 Å². The highest BCUT2D eigenvalue weighted by atomic mass is 19.4. The van der Waals surface area contributed by atoms with Crippen molar-refractivity contribution in [1.29, 1.82) is 0 Å². The summed E-state index contributed by atoms with van der Waals surface area (Å²) in [5.41, 5.74) is 2.67. The lowest BCUT2D eigenvalue weighted by Gasteiger charge is -2.39. The molecule has 0 bridgehead atoms. The molecule has 4 nitrogen and oxygen atoms in total. The molecule has 1 fully saturated rings. The first-order valence-corrected chi connectivity index (χ1v) is 8.54. The highest BCUT2D eigenvalue weighted by Crippen LogP contribution is 2.37. The van der Waals surface area contributed by atoms with Gasteiger partial charge in [0.1, 0.15) is 0 Å². The summed E-state index contributed by atoms with van der Waals surface area (Å²) < 4.78 is 39.9. The van der Waals surface area contributed by atoms with E-state index in [0.717, 1.165) is 23.4 Å². The third kappa shape index (κ3) is 4.02. The molecule has 1 aliphatic rings. The number of hydrogen-bond donors (Lipinski definition) is 1. The van der Waals surface area contributed by atoms with Gasteiger partial charge in [0.25, 0.3) is 0 Å². The van der Waals surface area contributed by atoms with Crippen LogP contribution in [-0.2, 0) is 11.0 Å². The number of rotatable bonds is 4. The molecule has 0 atom stereocenters. The van der Waals surface area contributed by atoms with Gasteiger partial charge in [0.15, 0.2) is 0 Å². The van der Waals surface area contributed by atoms with Crippen LogP contribution in [0, 0.1) is 12.8 Å².